The SMILES string of the molecule is CC1=C(C)C(C)C(c2ccccc2/C=N\c2c(C(C)C)cccc2C(C)C)=C1C. The van der Waals surface area contributed by atoms with Gasteiger partial charge in [-0.2, -0.15) is 0 Å². The van der Waals surface area contributed by atoms with Crippen molar-refractivity contribution in [3.63, 3.8) is 0 Å². The van der Waals surface area contributed by atoms with E-state index in [0.29, 0.717) is 17.8 Å². The molecule has 0 fully saturated rings. The molecule has 0 radical (unpaired) electrons. The molecule has 0 heterocycles. The van der Waals surface area contributed by atoms with E-state index in [-0.39, 0.29) is 0 Å². The van der Waals surface area contributed by atoms with Gasteiger partial charge in [0.2, 0.25) is 0 Å². The maximum Gasteiger partial charge on any atom is 0.0699 e. The van der Waals surface area contributed by atoms with Crippen molar-refractivity contribution >= 4 is 17.5 Å². The van der Waals surface area contributed by atoms with Gasteiger partial charge in [0.25, 0.3) is 0 Å². The van der Waals surface area contributed by atoms with Crippen LogP contribution in [0.15, 0.2) is 64.2 Å². The summed E-state index contributed by atoms with van der Waals surface area (Å²) in [5.41, 5.74) is 12.1. The molecule has 1 aliphatic rings. The van der Waals surface area contributed by atoms with Crippen molar-refractivity contribution in [3.8, 4) is 0 Å². The highest BCUT2D eigenvalue weighted by atomic mass is 14.7. The van der Waals surface area contributed by atoms with Gasteiger partial charge in [0.15, 0.2) is 0 Å². The van der Waals surface area contributed by atoms with Gasteiger partial charge < -0.3 is 0 Å². The third-order valence-electron chi connectivity index (χ3n) is 6.57. The molecule has 0 aromatic heterocycles. The molecule has 2 aromatic carbocycles. The summed E-state index contributed by atoms with van der Waals surface area (Å²) < 4.78 is 0. The zero-order valence-electron chi connectivity index (χ0n) is 19.3. The quantitative estimate of drug-likeness (QED) is 0.458. The van der Waals surface area contributed by atoms with Crippen LogP contribution in [0.2, 0.25) is 0 Å². The molecular weight excluding hydrogens is 350 g/mol. The second-order valence-electron chi connectivity index (χ2n) is 9.01. The van der Waals surface area contributed by atoms with Crippen molar-refractivity contribution < 1.29 is 0 Å². The van der Waals surface area contributed by atoms with Crippen LogP contribution in [0.4, 0.5) is 5.69 Å². The molecule has 1 unspecified atom stereocenters. The molecule has 0 spiro atoms. The summed E-state index contributed by atoms with van der Waals surface area (Å²) in [5.74, 6) is 1.36. The highest BCUT2D eigenvalue weighted by molar-refractivity contribution is 5.93. The molecule has 1 aliphatic carbocycles. The Kier molecular flexibility index (Phi) is 6.27. The highest BCUT2D eigenvalue weighted by Crippen LogP contribution is 2.43. The van der Waals surface area contributed by atoms with Gasteiger partial charge in [0.05, 0.1) is 5.69 Å². The summed E-state index contributed by atoms with van der Waals surface area (Å²) in [6, 6.07) is 15.3. The molecule has 2 aromatic rings. The van der Waals surface area contributed by atoms with Gasteiger partial charge in [0.1, 0.15) is 0 Å². The largest absolute Gasteiger partial charge is 0.256 e. The summed E-state index contributed by atoms with van der Waals surface area (Å²) in [7, 11) is 0. The molecule has 0 saturated carbocycles. The summed E-state index contributed by atoms with van der Waals surface area (Å²) in [6.07, 6.45) is 2.08. The lowest BCUT2D eigenvalue weighted by Crippen LogP contribution is -2.01. The van der Waals surface area contributed by atoms with Crippen LogP contribution in [0.1, 0.15) is 89.5 Å². The first kappa shape index (κ1) is 21.3. The summed E-state index contributed by atoms with van der Waals surface area (Å²) in [4.78, 5) is 5.08. The van der Waals surface area contributed by atoms with Crippen LogP contribution in [0.5, 0.6) is 0 Å². The third-order valence-corrected chi connectivity index (χ3v) is 6.57. The smallest absolute Gasteiger partial charge is 0.0699 e. The Labute approximate surface area is 177 Å². The molecule has 1 heteroatoms. The van der Waals surface area contributed by atoms with Gasteiger partial charge in [-0.25, -0.2) is 0 Å². The molecule has 0 bridgehead atoms. The van der Waals surface area contributed by atoms with E-state index in [1.54, 1.807) is 0 Å². The van der Waals surface area contributed by atoms with Gasteiger partial charge in [0, 0.05) is 17.7 Å². The predicted molar refractivity (Wildman–Crippen MR) is 128 cm³/mol. The van der Waals surface area contributed by atoms with E-state index in [1.807, 2.05) is 0 Å². The normalized spacial score (nSPS) is 17.5. The number of benzene rings is 2. The molecule has 1 atom stereocenters. The summed E-state index contributed by atoms with van der Waals surface area (Å²) in [6.45, 7) is 18.1. The van der Waals surface area contributed by atoms with Gasteiger partial charge >= 0.3 is 0 Å². The number of hydrogen-bond donors (Lipinski definition) is 0. The molecule has 1 nitrogen and oxygen atoms in total. The fraction of sp³-hybridized carbons (Fsp3) is 0.393. The van der Waals surface area contributed by atoms with Crippen LogP contribution in [0.3, 0.4) is 0 Å². The lowest BCUT2D eigenvalue weighted by molar-refractivity contribution is 0.835. The van der Waals surface area contributed by atoms with Crippen LogP contribution in [0.25, 0.3) is 5.57 Å². The number of para-hydroxylation sites is 1. The Morgan fingerprint density at radius 1 is 0.793 bits per heavy atom. The van der Waals surface area contributed by atoms with E-state index in [1.165, 1.54) is 44.5 Å². The molecule has 29 heavy (non-hydrogen) atoms. The fourth-order valence-electron chi connectivity index (χ4n) is 4.45. The van der Waals surface area contributed by atoms with Crippen molar-refractivity contribution in [1.82, 2.24) is 0 Å². The number of aliphatic imine (C=N–C) groups is 1. The second kappa shape index (κ2) is 8.53. The second-order valence-corrected chi connectivity index (χ2v) is 9.01. The molecule has 0 amide bonds. The first-order chi connectivity index (χ1) is 13.7. The molecule has 152 valence electrons. The van der Waals surface area contributed by atoms with E-state index >= 15 is 0 Å². The summed E-state index contributed by atoms with van der Waals surface area (Å²) in [5, 5.41) is 0. The van der Waals surface area contributed by atoms with Crippen molar-refractivity contribution in [3.05, 3.63) is 81.4 Å². The van der Waals surface area contributed by atoms with Gasteiger partial charge in [-0.15, -0.1) is 0 Å². The third kappa shape index (κ3) is 4.01. The van der Waals surface area contributed by atoms with E-state index in [0.717, 1.165) is 5.69 Å². The number of hydrogen-bond acceptors (Lipinski definition) is 1. The number of rotatable bonds is 5. The molecular formula is C28H35N. The van der Waals surface area contributed by atoms with Crippen molar-refractivity contribution in [2.24, 2.45) is 10.9 Å². The lowest BCUT2D eigenvalue weighted by Gasteiger charge is -2.17. The van der Waals surface area contributed by atoms with Gasteiger partial charge in [-0.3, -0.25) is 4.99 Å². The standard InChI is InChI=1S/C28H35N/c1-17(2)24-14-11-15-25(18(3)4)28(24)29-16-23-12-9-10-13-26(23)27-21(7)19(5)20(6)22(27)8/h9-18,21H,1-8H3/b29-16-. The van der Waals surface area contributed by atoms with Crippen molar-refractivity contribution in [1.29, 1.82) is 0 Å². The van der Waals surface area contributed by atoms with Gasteiger partial charge in [-0.1, -0.05) is 82.7 Å². The average molecular weight is 386 g/mol. The highest BCUT2D eigenvalue weighted by Gasteiger charge is 2.25. The molecule has 3 rings (SSSR count). The number of nitrogens with zero attached hydrogens (tertiary/aromatic N) is 1. The maximum absolute atomic E-state index is 5.08. The molecule has 0 saturated heterocycles. The van der Waals surface area contributed by atoms with Crippen LogP contribution in [-0.2, 0) is 0 Å². The van der Waals surface area contributed by atoms with Gasteiger partial charge in [-0.05, 0) is 66.0 Å². The Morgan fingerprint density at radius 2 is 1.38 bits per heavy atom. The Balaban J connectivity index is 2.10. The van der Waals surface area contributed by atoms with E-state index in [9.17, 15) is 0 Å². The minimum Gasteiger partial charge on any atom is -0.256 e. The van der Waals surface area contributed by atoms with Crippen LogP contribution >= 0.6 is 0 Å². The monoisotopic (exact) mass is 385 g/mol. The topological polar surface area (TPSA) is 12.4 Å². The molecule has 0 aliphatic heterocycles. The van der Waals surface area contributed by atoms with Crippen LogP contribution in [0, 0.1) is 5.92 Å². The van der Waals surface area contributed by atoms with Crippen molar-refractivity contribution in [2.75, 3.05) is 0 Å². The zero-order chi connectivity index (χ0) is 21.3. The van der Waals surface area contributed by atoms with E-state index < -0.39 is 0 Å². The Hall–Kier alpha value is -2.41. The predicted octanol–water partition coefficient (Wildman–Crippen LogP) is 8.44. The summed E-state index contributed by atoms with van der Waals surface area (Å²) >= 11 is 0. The maximum atomic E-state index is 5.08. The van der Waals surface area contributed by atoms with E-state index in [2.05, 4.69) is 104 Å². The minimum absolute atomic E-state index is 0.449. The first-order valence-corrected chi connectivity index (χ1v) is 10.9. The number of allylic oxidation sites excluding steroid dienone is 4. The van der Waals surface area contributed by atoms with Crippen LogP contribution < -0.4 is 0 Å². The van der Waals surface area contributed by atoms with Crippen molar-refractivity contribution in [2.45, 2.75) is 67.2 Å². The van der Waals surface area contributed by atoms with Crippen LogP contribution in [-0.4, -0.2) is 6.21 Å². The Bertz CT molecular complexity index is 972. The lowest BCUT2D eigenvalue weighted by atomic mass is 9.89. The first-order valence-electron chi connectivity index (χ1n) is 10.9. The average Bonchev–Trinajstić information content (AvgIpc) is 2.89. The zero-order valence-corrected chi connectivity index (χ0v) is 19.3. The Morgan fingerprint density at radius 3 is 1.90 bits per heavy atom. The minimum atomic E-state index is 0.449. The molecule has 0 N–H and O–H groups in total. The van der Waals surface area contributed by atoms with E-state index in [4.69, 9.17) is 4.99 Å². The fourth-order valence-corrected chi connectivity index (χ4v) is 4.45.